The van der Waals surface area contributed by atoms with E-state index < -0.39 is 0 Å². The first-order chi connectivity index (χ1) is 8.81. The summed E-state index contributed by atoms with van der Waals surface area (Å²) in [5.41, 5.74) is 2.92. The van der Waals surface area contributed by atoms with Gasteiger partial charge in [-0.25, -0.2) is 4.98 Å². The Kier molecular flexibility index (Phi) is 2.64. The summed E-state index contributed by atoms with van der Waals surface area (Å²) in [7, 11) is 1.90. The lowest BCUT2D eigenvalue weighted by molar-refractivity contribution is 0.767. The van der Waals surface area contributed by atoms with Gasteiger partial charge in [0.25, 0.3) is 0 Å². The molecule has 3 rings (SSSR count). The van der Waals surface area contributed by atoms with Gasteiger partial charge in [0, 0.05) is 25.4 Å². The van der Waals surface area contributed by atoms with Crippen molar-refractivity contribution in [3.05, 3.63) is 48.4 Å². The van der Waals surface area contributed by atoms with Gasteiger partial charge in [0.15, 0.2) is 0 Å². The number of nitrogens with one attached hydrogen (secondary N) is 1. The van der Waals surface area contributed by atoms with Gasteiger partial charge in [-0.3, -0.25) is 9.67 Å². The van der Waals surface area contributed by atoms with Gasteiger partial charge in [-0.2, -0.15) is 5.10 Å². The second-order valence-electron chi connectivity index (χ2n) is 4.12. The molecule has 0 unspecified atom stereocenters. The maximum atomic E-state index is 4.50. The van der Waals surface area contributed by atoms with Crippen molar-refractivity contribution in [2.45, 2.75) is 6.54 Å². The smallest absolute Gasteiger partial charge is 0.145 e. The van der Waals surface area contributed by atoms with E-state index in [0.717, 1.165) is 22.4 Å². The Hall–Kier alpha value is -2.43. The highest BCUT2D eigenvalue weighted by Gasteiger charge is 2.00. The molecule has 0 saturated heterocycles. The molecule has 0 radical (unpaired) electrons. The van der Waals surface area contributed by atoms with Crippen LogP contribution in [0.2, 0.25) is 0 Å². The van der Waals surface area contributed by atoms with Gasteiger partial charge in [-0.05, 0) is 12.1 Å². The number of fused-ring (bicyclic) bond motifs is 1. The van der Waals surface area contributed by atoms with Crippen LogP contribution in [0.15, 0.2) is 42.9 Å². The highest BCUT2D eigenvalue weighted by Crippen LogP contribution is 2.12. The molecule has 0 atom stereocenters. The molecule has 2 heterocycles. The maximum absolute atomic E-state index is 4.50. The summed E-state index contributed by atoms with van der Waals surface area (Å²) in [6.07, 6.45) is 5.56. The fraction of sp³-hybridized carbons (Fsp3) is 0.154. The summed E-state index contributed by atoms with van der Waals surface area (Å²) in [6.45, 7) is 0.695. The third-order valence-corrected chi connectivity index (χ3v) is 2.68. The number of hydrogen-bond donors (Lipinski definition) is 1. The van der Waals surface area contributed by atoms with Crippen LogP contribution < -0.4 is 5.32 Å². The molecule has 2 aromatic heterocycles. The van der Waals surface area contributed by atoms with Crippen molar-refractivity contribution >= 4 is 16.9 Å². The summed E-state index contributed by atoms with van der Waals surface area (Å²) >= 11 is 0. The lowest BCUT2D eigenvalue weighted by Gasteiger charge is -2.04. The number of aryl methyl sites for hydroxylation is 1. The van der Waals surface area contributed by atoms with Crippen LogP contribution in [0.3, 0.4) is 0 Å². The van der Waals surface area contributed by atoms with Gasteiger partial charge in [-0.1, -0.05) is 12.1 Å². The minimum Gasteiger partial charge on any atom is -0.365 e. The molecule has 0 fully saturated rings. The summed E-state index contributed by atoms with van der Waals surface area (Å²) < 4.78 is 1.78. The van der Waals surface area contributed by atoms with E-state index in [1.54, 1.807) is 10.9 Å². The number of anilines is 1. The van der Waals surface area contributed by atoms with E-state index in [4.69, 9.17) is 0 Å². The topological polar surface area (TPSA) is 55.6 Å². The molecule has 5 nitrogen and oxygen atoms in total. The molecule has 0 aliphatic rings. The van der Waals surface area contributed by atoms with Crippen LogP contribution in [0.1, 0.15) is 5.56 Å². The van der Waals surface area contributed by atoms with E-state index in [-0.39, 0.29) is 0 Å². The zero-order chi connectivity index (χ0) is 12.4. The molecule has 0 aliphatic heterocycles. The third kappa shape index (κ3) is 2.15. The monoisotopic (exact) mass is 239 g/mol. The summed E-state index contributed by atoms with van der Waals surface area (Å²) in [5.74, 6) is 0.776. The van der Waals surface area contributed by atoms with Crippen molar-refractivity contribution < 1.29 is 0 Å². The van der Waals surface area contributed by atoms with Gasteiger partial charge in [0.2, 0.25) is 0 Å². The zero-order valence-electron chi connectivity index (χ0n) is 10.0. The normalized spacial score (nSPS) is 10.7. The molecule has 5 heteroatoms. The highest BCUT2D eigenvalue weighted by atomic mass is 15.2. The van der Waals surface area contributed by atoms with Crippen LogP contribution >= 0.6 is 0 Å². The number of aromatic nitrogens is 4. The van der Waals surface area contributed by atoms with Crippen LogP contribution in [0.4, 0.5) is 5.82 Å². The molecule has 90 valence electrons. The van der Waals surface area contributed by atoms with Crippen molar-refractivity contribution in [1.82, 2.24) is 19.7 Å². The molecule has 3 aromatic rings. The fourth-order valence-corrected chi connectivity index (χ4v) is 1.80. The van der Waals surface area contributed by atoms with E-state index in [2.05, 4.69) is 20.4 Å². The van der Waals surface area contributed by atoms with E-state index in [1.807, 2.05) is 43.7 Å². The molecule has 1 N–H and O–H groups in total. The summed E-state index contributed by atoms with van der Waals surface area (Å²) in [4.78, 5) is 8.85. The van der Waals surface area contributed by atoms with Gasteiger partial charge in [-0.15, -0.1) is 0 Å². The van der Waals surface area contributed by atoms with Crippen molar-refractivity contribution in [3.63, 3.8) is 0 Å². The van der Waals surface area contributed by atoms with Crippen LogP contribution in [0, 0.1) is 0 Å². The minimum absolute atomic E-state index is 0.695. The quantitative estimate of drug-likeness (QED) is 0.759. The average molecular weight is 239 g/mol. The zero-order valence-corrected chi connectivity index (χ0v) is 10.0. The van der Waals surface area contributed by atoms with E-state index in [9.17, 15) is 0 Å². The minimum atomic E-state index is 0.695. The van der Waals surface area contributed by atoms with Crippen LogP contribution in [-0.2, 0) is 13.6 Å². The van der Waals surface area contributed by atoms with Crippen molar-refractivity contribution in [2.24, 2.45) is 7.05 Å². The largest absolute Gasteiger partial charge is 0.365 e. The maximum Gasteiger partial charge on any atom is 0.145 e. The first-order valence-corrected chi connectivity index (χ1v) is 5.74. The second-order valence-corrected chi connectivity index (χ2v) is 4.12. The fourth-order valence-electron chi connectivity index (χ4n) is 1.80. The van der Waals surface area contributed by atoms with E-state index in [0.29, 0.717) is 6.54 Å². The lowest BCUT2D eigenvalue weighted by atomic mass is 10.3. The Morgan fingerprint density at radius 2 is 2.00 bits per heavy atom. The Morgan fingerprint density at radius 3 is 2.78 bits per heavy atom. The molecule has 0 amide bonds. The predicted molar refractivity (Wildman–Crippen MR) is 70.1 cm³/mol. The van der Waals surface area contributed by atoms with Crippen molar-refractivity contribution in [2.75, 3.05) is 5.32 Å². The molecule has 1 aromatic carbocycles. The van der Waals surface area contributed by atoms with Crippen molar-refractivity contribution in [1.29, 1.82) is 0 Å². The number of nitrogens with zero attached hydrogens (tertiary/aromatic N) is 4. The Balaban J connectivity index is 1.78. The molecule has 0 saturated carbocycles. The Bertz CT molecular complexity index is 674. The molecule has 0 spiro atoms. The summed E-state index contributed by atoms with van der Waals surface area (Å²) in [6, 6.07) is 7.83. The third-order valence-electron chi connectivity index (χ3n) is 2.68. The van der Waals surface area contributed by atoms with E-state index >= 15 is 0 Å². The average Bonchev–Trinajstić information content (AvgIpc) is 2.82. The molecular formula is C13H13N5. The number of rotatable bonds is 3. The van der Waals surface area contributed by atoms with Crippen LogP contribution in [-0.4, -0.2) is 19.7 Å². The highest BCUT2D eigenvalue weighted by molar-refractivity contribution is 5.75. The van der Waals surface area contributed by atoms with E-state index in [1.165, 1.54) is 0 Å². The van der Waals surface area contributed by atoms with Crippen LogP contribution in [0.25, 0.3) is 11.0 Å². The first kappa shape index (κ1) is 10.7. The first-order valence-electron chi connectivity index (χ1n) is 5.74. The molecule has 0 bridgehead atoms. The molecular weight excluding hydrogens is 226 g/mol. The standard InChI is InChI=1S/C13H13N5/c1-18-9-10(7-16-18)6-15-13-8-14-11-4-2-3-5-12(11)17-13/h2-5,7-9H,6H2,1H3,(H,15,17). The van der Waals surface area contributed by atoms with Crippen molar-refractivity contribution in [3.8, 4) is 0 Å². The number of para-hydroxylation sites is 2. The molecule has 0 aliphatic carbocycles. The van der Waals surface area contributed by atoms with Gasteiger partial charge in [0.05, 0.1) is 23.4 Å². The SMILES string of the molecule is Cn1cc(CNc2cnc3ccccc3n2)cn1. The number of hydrogen-bond acceptors (Lipinski definition) is 4. The lowest BCUT2D eigenvalue weighted by Crippen LogP contribution is -2.01. The predicted octanol–water partition coefficient (Wildman–Crippen LogP) is 1.98. The number of benzene rings is 1. The Labute approximate surface area is 104 Å². The van der Waals surface area contributed by atoms with Gasteiger partial charge < -0.3 is 5.32 Å². The van der Waals surface area contributed by atoms with Crippen LogP contribution in [0.5, 0.6) is 0 Å². The molecule has 18 heavy (non-hydrogen) atoms. The second kappa shape index (κ2) is 4.44. The Morgan fingerprint density at radius 1 is 1.17 bits per heavy atom. The summed E-state index contributed by atoms with van der Waals surface area (Å²) in [5, 5.41) is 7.36. The van der Waals surface area contributed by atoms with Gasteiger partial charge >= 0.3 is 0 Å². The van der Waals surface area contributed by atoms with Gasteiger partial charge in [0.1, 0.15) is 5.82 Å².